The molecule has 3 atom stereocenters. The molecule has 8 nitrogen and oxygen atoms in total. The van der Waals surface area contributed by atoms with Crippen molar-refractivity contribution in [2.75, 3.05) is 13.7 Å². The number of esters is 1. The van der Waals surface area contributed by atoms with E-state index in [0.29, 0.717) is 13.0 Å². The van der Waals surface area contributed by atoms with Gasteiger partial charge < -0.3 is 9.47 Å². The minimum Gasteiger partial charge on any atom is -0.467 e. The number of rotatable bonds is 2. The van der Waals surface area contributed by atoms with Crippen LogP contribution in [0.2, 0.25) is 0 Å². The first-order valence-electron chi connectivity index (χ1n) is 7.29. The van der Waals surface area contributed by atoms with E-state index in [9.17, 15) is 9.59 Å². The van der Waals surface area contributed by atoms with Gasteiger partial charge in [0.05, 0.1) is 19.4 Å². The van der Waals surface area contributed by atoms with E-state index >= 15 is 0 Å². The molecule has 2 heterocycles. The van der Waals surface area contributed by atoms with Gasteiger partial charge in [-0.1, -0.05) is 0 Å². The van der Waals surface area contributed by atoms with Crippen molar-refractivity contribution >= 4 is 18.3 Å². The molecule has 2 rings (SSSR count). The largest absolute Gasteiger partial charge is 0.467 e. The van der Waals surface area contributed by atoms with Gasteiger partial charge in [0, 0.05) is 13.0 Å². The Labute approximate surface area is 129 Å². The first-order valence-corrected chi connectivity index (χ1v) is 7.29. The summed E-state index contributed by atoms with van der Waals surface area (Å²) in [6, 6.07) is -0.905. The van der Waals surface area contributed by atoms with Crippen molar-refractivity contribution in [3.05, 3.63) is 0 Å². The molecular formula is C14H23N3O5. The minimum atomic E-state index is -0.695. The smallest absolute Gasteiger partial charge is 0.411 e. The Kier molecular flexibility index (Phi) is 4.60. The zero-order chi connectivity index (χ0) is 16.5. The van der Waals surface area contributed by atoms with E-state index < -0.39 is 23.7 Å². The highest BCUT2D eigenvalue weighted by Gasteiger charge is 2.45. The van der Waals surface area contributed by atoms with Crippen LogP contribution in [-0.2, 0) is 19.1 Å². The molecule has 0 radical (unpaired) electrons. The first kappa shape index (κ1) is 16.5. The molecule has 0 aromatic carbocycles. The van der Waals surface area contributed by atoms with Gasteiger partial charge in [-0.3, -0.25) is 4.90 Å². The Morgan fingerprint density at radius 3 is 2.55 bits per heavy atom. The van der Waals surface area contributed by atoms with Crippen molar-refractivity contribution in [1.29, 1.82) is 0 Å². The third-order valence-electron chi connectivity index (χ3n) is 3.36. The molecule has 1 unspecified atom stereocenters. The van der Waals surface area contributed by atoms with Crippen LogP contribution in [0.15, 0.2) is 5.10 Å². The Balaban J connectivity index is 2.10. The van der Waals surface area contributed by atoms with Crippen molar-refractivity contribution in [1.82, 2.24) is 10.1 Å². The van der Waals surface area contributed by atoms with Crippen LogP contribution >= 0.6 is 0 Å². The number of amides is 1. The van der Waals surface area contributed by atoms with Crippen LogP contribution < -0.4 is 0 Å². The third-order valence-corrected chi connectivity index (χ3v) is 3.36. The lowest BCUT2D eigenvalue weighted by Gasteiger charge is -2.27. The summed E-state index contributed by atoms with van der Waals surface area (Å²) in [4.78, 5) is 31.2. The lowest BCUT2D eigenvalue weighted by atomic mass is 10.2. The summed E-state index contributed by atoms with van der Waals surface area (Å²) in [6.45, 7) is 7.49. The van der Waals surface area contributed by atoms with Crippen LogP contribution in [-0.4, -0.2) is 65.8 Å². The predicted molar refractivity (Wildman–Crippen MR) is 78.0 cm³/mol. The van der Waals surface area contributed by atoms with E-state index in [-0.39, 0.29) is 12.1 Å². The molecule has 0 saturated carbocycles. The van der Waals surface area contributed by atoms with Crippen molar-refractivity contribution in [3.8, 4) is 0 Å². The topological polar surface area (TPSA) is 80.7 Å². The molecule has 0 N–H and O–H groups in total. The summed E-state index contributed by atoms with van der Waals surface area (Å²) in [7, 11) is 1.30. The summed E-state index contributed by atoms with van der Waals surface area (Å²) in [5.74, 6) is -0.468. The minimum absolute atomic E-state index is 0.118. The molecule has 2 aliphatic heterocycles. The maximum atomic E-state index is 12.3. The number of carbonyl (C=O) groups excluding carboxylic acids is 2. The Bertz CT molecular complexity index is 474. The van der Waals surface area contributed by atoms with E-state index in [1.807, 2.05) is 6.92 Å². The average Bonchev–Trinajstić information content (AvgIpc) is 3.01. The van der Waals surface area contributed by atoms with Crippen molar-refractivity contribution < 1.29 is 23.9 Å². The van der Waals surface area contributed by atoms with Crippen molar-refractivity contribution in [3.63, 3.8) is 0 Å². The summed E-state index contributed by atoms with van der Waals surface area (Å²) < 4.78 is 10.2. The average molecular weight is 313 g/mol. The second-order valence-corrected chi connectivity index (χ2v) is 6.44. The number of likely N-dealkylation sites (tertiary alicyclic amines) is 1. The van der Waals surface area contributed by atoms with Gasteiger partial charge in [-0.25, -0.2) is 14.4 Å². The molecule has 8 heteroatoms. The van der Waals surface area contributed by atoms with E-state index in [4.69, 9.17) is 14.3 Å². The molecule has 0 aliphatic carbocycles. The third kappa shape index (κ3) is 3.68. The Morgan fingerprint density at radius 1 is 1.36 bits per heavy atom. The van der Waals surface area contributed by atoms with Gasteiger partial charge in [0.2, 0.25) is 0 Å². The molecule has 1 amide bonds. The fraction of sp³-hybridized carbons (Fsp3) is 0.786. The lowest BCUT2D eigenvalue weighted by molar-refractivity contribution is -0.178. The van der Waals surface area contributed by atoms with Gasteiger partial charge in [0.15, 0.2) is 0 Å². The van der Waals surface area contributed by atoms with E-state index in [1.54, 1.807) is 27.0 Å². The number of hydrogen-bond donors (Lipinski definition) is 0. The molecule has 1 saturated heterocycles. The van der Waals surface area contributed by atoms with Crippen LogP contribution in [0, 0.1) is 0 Å². The molecule has 1 fully saturated rings. The Morgan fingerprint density at radius 2 is 2.05 bits per heavy atom. The second kappa shape index (κ2) is 6.12. The number of carbonyl (C=O) groups is 2. The molecular weight excluding hydrogens is 290 g/mol. The molecule has 0 aromatic heterocycles. The number of hydroxylamine groups is 1. The zero-order valence-corrected chi connectivity index (χ0v) is 13.6. The lowest BCUT2D eigenvalue weighted by Crippen LogP contribution is -2.44. The predicted octanol–water partition coefficient (Wildman–Crippen LogP) is 1.16. The standard InChI is InChI=1S/C14H23N3O5/c1-9-7-15-17(22-9)10-6-11(12(18)20-5)16(8-10)13(19)21-14(2,3)4/h7,9-11H,6,8H2,1-5H3/t9?,10-,11-/m0/s1. The fourth-order valence-corrected chi connectivity index (χ4v) is 2.42. The van der Waals surface area contributed by atoms with E-state index in [1.165, 1.54) is 17.2 Å². The highest BCUT2D eigenvalue weighted by molar-refractivity contribution is 5.82. The van der Waals surface area contributed by atoms with Crippen molar-refractivity contribution in [2.45, 2.75) is 57.9 Å². The van der Waals surface area contributed by atoms with Gasteiger partial charge in [-0.05, 0) is 27.7 Å². The summed E-state index contributed by atoms with van der Waals surface area (Å²) >= 11 is 0. The number of hydrogen-bond acceptors (Lipinski definition) is 7. The maximum Gasteiger partial charge on any atom is 0.411 e. The highest BCUT2D eigenvalue weighted by Crippen LogP contribution is 2.27. The zero-order valence-electron chi connectivity index (χ0n) is 13.6. The normalized spacial score (nSPS) is 28.1. The summed E-state index contributed by atoms with van der Waals surface area (Å²) in [5.41, 5.74) is -0.632. The van der Waals surface area contributed by atoms with E-state index in [2.05, 4.69) is 5.10 Å². The van der Waals surface area contributed by atoms with Crippen LogP contribution in [0.5, 0.6) is 0 Å². The van der Waals surface area contributed by atoms with Gasteiger partial charge in [-0.15, -0.1) is 0 Å². The second-order valence-electron chi connectivity index (χ2n) is 6.44. The molecule has 124 valence electrons. The van der Waals surface area contributed by atoms with Crippen LogP contribution in [0.25, 0.3) is 0 Å². The number of hydrazone groups is 1. The van der Waals surface area contributed by atoms with Gasteiger partial charge >= 0.3 is 12.1 Å². The molecule has 22 heavy (non-hydrogen) atoms. The molecule has 0 aromatic rings. The molecule has 0 bridgehead atoms. The van der Waals surface area contributed by atoms with Crippen molar-refractivity contribution in [2.24, 2.45) is 5.10 Å². The number of ether oxygens (including phenoxy) is 2. The molecule has 2 aliphatic rings. The summed E-state index contributed by atoms with van der Waals surface area (Å²) in [5, 5.41) is 5.59. The molecule has 0 spiro atoms. The Hall–Kier alpha value is -1.83. The van der Waals surface area contributed by atoms with Gasteiger partial charge in [-0.2, -0.15) is 10.3 Å². The van der Waals surface area contributed by atoms with Crippen LogP contribution in [0.3, 0.4) is 0 Å². The monoisotopic (exact) mass is 313 g/mol. The van der Waals surface area contributed by atoms with Gasteiger partial charge in [0.1, 0.15) is 17.7 Å². The summed E-state index contributed by atoms with van der Waals surface area (Å²) in [6.07, 6.45) is 1.40. The number of nitrogens with zero attached hydrogens (tertiary/aromatic N) is 3. The number of methoxy groups -OCH3 is 1. The first-order chi connectivity index (χ1) is 10.2. The SMILES string of the molecule is COC(=O)[C@@H]1C[C@H](N2N=CC(C)O2)CN1C(=O)OC(C)(C)C. The quantitative estimate of drug-likeness (QED) is 0.712. The highest BCUT2D eigenvalue weighted by atomic mass is 16.7. The fourth-order valence-electron chi connectivity index (χ4n) is 2.42. The van der Waals surface area contributed by atoms with Crippen LogP contribution in [0.1, 0.15) is 34.1 Å². The van der Waals surface area contributed by atoms with E-state index in [0.717, 1.165) is 0 Å². The van der Waals surface area contributed by atoms with Gasteiger partial charge in [0.25, 0.3) is 0 Å². The van der Waals surface area contributed by atoms with Crippen LogP contribution in [0.4, 0.5) is 4.79 Å². The maximum absolute atomic E-state index is 12.3.